The van der Waals surface area contributed by atoms with E-state index in [1.165, 1.54) is 36.9 Å². The second-order valence-electron chi connectivity index (χ2n) is 5.59. The van der Waals surface area contributed by atoms with Gasteiger partial charge in [0.1, 0.15) is 0 Å². The smallest absolute Gasteiger partial charge is 0.0205 e. The second-order valence-corrected chi connectivity index (χ2v) is 5.59. The topological polar surface area (TPSA) is 12.0 Å². The van der Waals surface area contributed by atoms with Crippen LogP contribution in [0.1, 0.15) is 44.2 Å². The van der Waals surface area contributed by atoms with E-state index in [2.05, 4.69) is 43.4 Å². The largest absolute Gasteiger partial charge is 0.312 e. The SMILES string of the molecule is CCc1ccc(CNCC2CCC(C)C2)cc1. The molecular formula is C16H25N. The molecule has 94 valence electrons. The lowest BCUT2D eigenvalue weighted by molar-refractivity contribution is 0.470. The fourth-order valence-corrected chi connectivity index (χ4v) is 2.82. The van der Waals surface area contributed by atoms with E-state index in [9.17, 15) is 0 Å². The first-order chi connectivity index (χ1) is 8.28. The Labute approximate surface area is 106 Å². The Morgan fingerprint density at radius 2 is 1.82 bits per heavy atom. The molecule has 0 saturated heterocycles. The van der Waals surface area contributed by atoms with Gasteiger partial charge in [-0.05, 0) is 48.8 Å². The average Bonchev–Trinajstić information content (AvgIpc) is 2.76. The predicted octanol–water partition coefficient (Wildman–Crippen LogP) is 3.77. The maximum atomic E-state index is 3.60. The number of hydrogen-bond acceptors (Lipinski definition) is 1. The quantitative estimate of drug-likeness (QED) is 0.813. The molecule has 1 nitrogen and oxygen atoms in total. The minimum atomic E-state index is 0.917. The van der Waals surface area contributed by atoms with Crippen molar-refractivity contribution >= 4 is 0 Å². The molecule has 0 heterocycles. The van der Waals surface area contributed by atoms with Gasteiger partial charge in [0, 0.05) is 6.54 Å². The van der Waals surface area contributed by atoms with Crippen LogP contribution in [0.4, 0.5) is 0 Å². The summed E-state index contributed by atoms with van der Waals surface area (Å²) in [5, 5.41) is 3.60. The normalized spacial score (nSPS) is 24.1. The molecule has 0 aliphatic heterocycles. The van der Waals surface area contributed by atoms with E-state index in [-0.39, 0.29) is 0 Å². The van der Waals surface area contributed by atoms with Crippen LogP contribution >= 0.6 is 0 Å². The summed E-state index contributed by atoms with van der Waals surface area (Å²) < 4.78 is 0. The van der Waals surface area contributed by atoms with Crippen LogP contribution in [0.5, 0.6) is 0 Å². The molecule has 0 bridgehead atoms. The van der Waals surface area contributed by atoms with Crippen molar-refractivity contribution in [1.29, 1.82) is 0 Å². The average molecular weight is 231 g/mol. The molecule has 2 atom stereocenters. The second kappa shape index (κ2) is 6.20. The van der Waals surface area contributed by atoms with Crippen molar-refractivity contribution in [3.05, 3.63) is 35.4 Å². The Bertz CT molecular complexity index is 328. The third-order valence-electron chi connectivity index (χ3n) is 4.00. The number of benzene rings is 1. The Hall–Kier alpha value is -0.820. The van der Waals surface area contributed by atoms with E-state index in [0.29, 0.717) is 0 Å². The zero-order chi connectivity index (χ0) is 12.1. The fraction of sp³-hybridized carbons (Fsp3) is 0.625. The van der Waals surface area contributed by atoms with E-state index in [0.717, 1.165) is 24.8 Å². The van der Waals surface area contributed by atoms with E-state index < -0.39 is 0 Å². The highest BCUT2D eigenvalue weighted by atomic mass is 14.9. The molecule has 0 spiro atoms. The lowest BCUT2D eigenvalue weighted by atomic mass is 10.1. The van der Waals surface area contributed by atoms with E-state index in [4.69, 9.17) is 0 Å². The molecule has 1 heteroatoms. The first-order valence-corrected chi connectivity index (χ1v) is 7.06. The molecule has 0 radical (unpaired) electrons. The maximum absolute atomic E-state index is 3.60. The Morgan fingerprint density at radius 3 is 2.41 bits per heavy atom. The third-order valence-corrected chi connectivity index (χ3v) is 4.00. The molecule has 2 rings (SSSR count). The first kappa shape index (κ1) is 12.6. The highest BCUT2D eigenvalue weighted by molar-refractivity contribution is 5.22. The van der Waals surface area contributed by atoms with Gasteiger partial charge >= 0.3 is 0 Å². The summed E-state index contributed by atoms with van der Waals surface area (Å²) in [6.07, 6.45) is 5.40. The Kier molecular flexibility index (Phi) is 4.61. The number of hydrogen-bond donors (Lipinski definition) is 1. The van der Waals surface area contributed by atoms with Crippen LogP contribution < -0.4 is 5.32 Å². The van der Waals surface area contributed by atoms with Gasteiger partial charge in [-0.2, -0.15) is 0 Å². The molecule has 1 aromatic carbocycles. The van der Waals surface area contributed by atoms with Crippen LogP contribution in [0.2, 0.25) is 0 Å². The lowest BCUT2D eigenvalue weighted by Crippen LogP contribution is -2.20. The monoisotopic (exact) mass is 231 g/mol. The van der Waals surface area contributed by atoms with Crippen LogP contribution in [0.25, 0.3) is 0 Å². The minimum Gasteiger partial charge on any atom is -0.312 e. The van der Waals surface area contributed by atoms with E-state index in [1.807, 2.05) is 0 Å². The van der Waals surface area contributed by atoms with Crippen LogP contribution in [0.3, 0.4) is 0 Å². The van der Waals surface area contributed by atoms with Crippen molar-refractivity contribution in [2.75, 3.05) is 6.54 Å². The molecule has 1 fully saturated rings. The van der Waals surface area contributed by atoms with Crippen molar-refractivity contribution in [1.82, 2.24) is 5.32 Å². The van der Waals surface area contributed by atoms with Crippen molar-refractivity contribution in [2.45, 2.75) is 46.1 Å². The summed E-state index contributed by atoms with van der Waals surface area (Å²) in [5.41, 5.74) is 2.84. The Morgan fingerprint density at radius 1 is 1.12 bits per heavy atom. The van der Waals surface area contributed by atoms with Crippen LogP contribution in [-0.2, 0) is 13.0 Å². The number of aryl methyl sites for hydroxylation is 1. The molecule has 1 aromatic rings. The summed E-state index contributed by atoms with van der Waals surface area (Å²) in [5.74, 6) is 1.87. The molecular weight excluding hydrogens is 206 g/mol. The maximum Gasteiger partial charge on any atom is 0.0205 e. The van der Waals surface area contributed by atoms with Crippen molar-refractivity contribution in [2.24, 2.45) is 11.8 Å². The summed E-state index contributed by atoms with van der Waals surface area (Å²) in [4.78, 5) is 0. The van der Waals surface area contributed by atoms with Gasteiger partial charge in [-0.1, -0.05) is 44.5 Å². The molecule has 0 aromatic heterocycles. The lowest BCUT2D eigenvalue weighted by Gasteiger charge is -2.11. The van der Waals surface area contributed by atoms with Crippen molar-refractivity contribution in [3.63, 3.8) is 0 Å². The van der Waals surface area contributed by atoms with Gasteiger partial charge in [0.05, 0.1) is 0 Å². The van der Waals surface area contributed by atoms with Crippen molar-refractivity contribution < 1.29 is 0 Å². The first-order valence-electron chi connectivity index (χ1n) is 7.06. The fourth-order valence-electron chi connectivity index (χ4n) is 2.82. The highest BCUT2D eigenvalue weighted by Gasteiger charge is 2.20. The van der Waals surface area contributed by atoms with Crippen LogP contribution in [0.15, 0.2) is 24.3 Å². The van der Waals surface area contributed by atoms with Gasteiger partial charge in [0.25, 0.3) is 0 Å². The molecule has 0 amide bonds. The van der Waals surface area contributed by atoms with Gasteiger partial charge in [0.2, 0.25) is 0 Å². The summed E-state index contributed by atoms with van der Waals surface area (Å²) in [6, 6.07) is 9.00. The van der Waals surface area contributed by atoms with Gasteiger partial charge in [0.15, 0.2) is 0 Å². The standard InChI is InChI=1S/C16H25N/c1-3-14-6-8-15(9-7-14)11-17-12-16-5-4-13(2)10-16/h6-9,13,16-17H,3-5,10-12H2,1-2H3. The zero-order valence-corrected chi connectivity index (χ0v) is 11.2. The molecule has 1 N–H and O–H groups in total. The summed E-state index contributed by atoms with van der Waals surface area (Å²) >= 11 is 0. The van der Waals surface area contributed by atoms with Gasteiger partial charge in [-0.3, -0.25) is 0 Å². The number of nitrogens with one attached hydrogen (secondary N) is 1. The van der Waals surface area contributed by atoms with Crippen LogP contribution in [-0.4, -0.2) is 6.54 Å². The third kappa shape index (κ3) is 3.85. The van der Waals surface area contributed by atoms with Crippen molar-refractivity contribution in [3.8, 4) is 0 Å². The molecule has 1 saturated carbocycles. The Balaban J connectivity index is 1.70. The molecule has 2 unspecified atom stereocenters. The number of rotatable bonds is 5. The molecule has 17 heavy (non-hydrogen) atoms. The van der Waals surface area contributed by atoms with Gasteiger partial charge < -0.3 is 5.32 Å². The summed E-state index contributed by atoms with van der Waals surface area (Å²) in [7, 11) is 0. The molecule has 1 aliphatic rings. The van der Waals surface area contributed by atoms with Gasteiger partial charge in [-0.15, -0.1) is 0 Å². The highest BCUT2D eigenvalue weighted by Crippen LogP contribution is 2.29. The minimum absolute atomic E-state index is 0.917. The van der Waals surface area contributed by atoms with Crippen LogP contribution in [0, 0.1) is 11.8 Å². The zero-order valence-electron chi connectivity index (χ0n) is 11.2. The van der Waals surface area contributed by atoms with Gasteiger partial charge in [-0.25, -0.2) is 0 Å². The predicted molar refractivity (Wildman–Crippen MR) is 74.0 cm³/mol. The molecule has 1 aliphatic carbocycles. The summed E-state index contributed by atoms with van der Waals surface area (Å²) in [6.45, 7) is 6.80. The van der Waals surface area contributed by atoms with E-state index >= 15 is 0 Å². The van der Waals surface area contributed by atoms with E-state index in [1.54, 1.807) is 0 Å².